The molecule has 1 N–H and O–H groups in total. The Bertz CT molecular complexity index is 1700. The van der Waals surface area contributed by atoms with Crippen LogP contribution in [-0.4, -0.2) is 33.9 Å². The van der Waals surface area contributed by atoms with Crippen molar-refractivity contribution in [1.29, 1.82) is 0 Å². The minimum absolute atomic E-state index is 0.174. The van der Waals surface area contributed by atoms with E-state index >= 15 is 0 Å². The fourth-order valence-electron chi connectivity index (χ4n) is 3.90. The highest BCUT2D eigenvalue weighted by Crippen LogP contribution is 2.37. The second-order valence-corrected chi connectivity index (χ2v) is 12.6. The molecule has 0 heterocycles. The summed E-state index contributed by atoms with van der Waals surface area (Å²) in [7, 11) is -2.03. The molecule has 8 nitrogen and oxygen atoms in total. The monoisotopic (exact) mass is 689 g/mol. The number of carbonyl (C=O) groups excluding carboxylic acids is 1. The van der Waals surface area contributed by atoms with E-state index in [2.05, 4.69) is 26.5 Å². The van der Waals surface area contributed by atoms with E-state index in [1.165, 1.54) is 17.6 Å². The lowest BCUT2D eigenvalue weighted by atomic mass is 10.2. The maximum absolute atomic E-state index is 12.7. The van der Waals surface area contributed by atoms with Gasteiger partial charge >= 0.3 is 0 Å². The summed E-state index contributed by atoms with van der Waals surface area (Å²) in [6, 6.07) is 24.3. The Morgan fingerprint density at radius 3 is 2.33 bits per heavy atom. The number of anilines is 1. The van der Waals surface area contributed by atoms with Gasteiger partial charge in [0.15, 0.2) is 11.5 Å². The van der Waals surface area contributed by atoms with Gasteiger partial charge in [-0.25, -0.2) is 13.8 Å². The zero-order valence-corrected chi connectivity index (χ0v) is 26.5. The molecule has 4 aromatic rings. The van der Waals surface area contributed by atoms with Gasteiger partial charge < -0.3 is 9.47 Å². The van der Waals surface area contributed by atoms with Crippen LogP contribution < -0.4 is 19.2 Å². The first-order valence-electron chi connectivity index (χ1n) is 12.4. The number of rotatable bonds is 11. The Morgan fingerprint density at radius 2 is 1.69 bits per heavy atom. The topological polar surface area (TPSA) is 97.3 Å². The number of carbonyl (C=O) groups is 1. The second kappa shape index (κ2) is 14.1. The number of hydrogen-bond acceptors (Lipinski definition) is 6. The van der Waals surface area contributed by atoms with Crippen molar-refractivity contribution in [2.75, 3.05) is 17.7 Å². The molecule has 0 unspecified atom stereocenters. The van der Waals surface area contributed by atoms with E-state index in [1.807, 2.05) is 36.4 Å². The third-order valence-electron chi connectivity index (χ3n) is 5.99. The van der Waals surface area contributed by atoms with Gasteiger partial charge in [-0.15, -0.1) is 0 Å². The van der Waals surface area contributed by atoms with Crippen molar-refractivity contribution in [3.8, 4) is 11.5 Å². The summed E-state index contributed by atoms with van der Waals surface area (Å²) in [5, 5.41) is 4.95. The predicted molar refractivity (Wildman–Crippen MR) is 170 cm³/mol. The van der Waals surface area contributed by atoms with E-state index in [0.29, 0.717) is 42.8 Å². The van der Waals surface area contributed by atoms with Gasteiger partial charge in [0.2, 0.25) is 10.0 Å². The summed E-state index contributed by atoms with van der Waals surface area (Å²) in [4.78, 5) is 12.7. The Hall–Kier alpha value is -3.57. The maximum atomic E-state index is 12.7. The van der Waals surface area contributed by atoms with Crippen molar-refractivity contribution < 1.29 is 22.7 Å². The van der Waals surface area contributed by atoms with Gasteiger partial charge in [-0.3, -0.25) is 9.10 Å². The normalized spacial score (nSPS) is 11.4. The zero-order valence-electron chi connectivity index (χ0n) is 22.6. The first-order chi connectivity index (χ1) is 20.0. The van der Waals surface area contributed by atoms with Gasteiger partial charge in [-0.1, -0.05) is 59.6 Å². The number of sulfonamides is 1. The molecule has 12 heteroatoms. The third kappa shape index (κ3) is 8.25. The number of methoxy groups -OCH3 is 1. The minimum atomic E-state index is -3.55. The van der Waals surface area contributed by atoms with Gasteiger partial charge in [0.25, 0.3) is 5.91 Å². The summed E-state index contributed by atoms with van der Waals surface area (Å²) in [5.41, 5.74) is 5.55. The number of hydrogen-bond donors (Lipinski definition) is 1. The van der Waals surface area contributed by atoms with Gasteiger partial charge in [0, 0.05) is 5.56 Å². The van der Waals surface area contributed by atoms with Crippen LogP contribution in [0.2, 0.25) is 10.0 Å². The smallest absolute Gasteiger partial charge is 0.271 e. The molecule has 0 radical (unpaired) electrons. The SMILES string of the molecule is COc1cc(/C=N\NC(=O)c2ccc(N(Cc3ccccc3)S(C)(=O)=O)cc2)cc(Br)c1OCc1ccc(Cl)c(Cl)c1. The predicted octanol–water partition coefficient (Wildman–Crippen LogP) is 7.07. The fourth-order valence-corrected chi connectivity index (χ4v) is 5.68. The van der Waals surface area contributed by atoms with Crippen LogP contribution in [0.1, 0.15) is 27.0 Å². The second-order valence-electron chi connectivity index (χ2n) is 9.07. The number of halogens is 3. The van der Waals surface area contributed by atoms with E-state index < -0.39 is 15.9 Å². The van der Waals surface area contributed by atoms with Gasteiger partial charge in [-0.05, 0) is 81.2 Å². The Morgan fingerprint density at radius 1 is 0.976 bits per heavy atom. The third-order valence-corrected chi connectivity index (χ3v) is 8.45. The number of nitrogens with one attached hydrogen (secondary N) is 1. The molecule has 0 bridgehead atoms. The lowest BCUT2D eigenvalue weighted by molar-refractivity contribution is 0.0955. The molecule has 0 saturated carbocycles. The standard InChI is InChI=1S/C30H26BrCl2N3O5S/c1-40-28-16-22(14-25(31)29(28)41-19-21-8-13-26(32)27(33)15-21)17-34-35-30(37)23-9-11-24(12-10-23)36(42(2,38)39)18-20-6-4-3-5-7-20/h3-17H,18-19H2,1-2H3,(H,35,37)/b34-17-. The van der Waals surface area contributed by atoms with E-state index in [-0.39, 0.29) is 13.2 Å². The Labute approximate surface area is 263 Å². The molecule has 0 fully saturated rings. The largest absolute Gasteiger partial charge is 0.493 e. The Balaban J connectivity index is 1.41. The molecule has 0 saturated heterocycles. The van der Waals surface area contributed by atoms with E-state index in [4.69, 9.17) is 32.7 Å². The first-order valence-corrected chi connectivity index (χ1v) is 15.8. The molecule has 0 aromatic heterocycles. The number of benzene rings is 4. The zero-order chi connectivity index (χ0) is 30.3. The van der Waals surface area contributed by atoms with Crippen molar-refractivity contribution in [3.63, 3.8) is 0 Å². The van der Waals surface area contributed by atoms with E-state index in [9.17, 15) is 13.2 Å². The molecule has 4 rings (SSSR count). The van der Waals surface area contributed by atoms with Crippen molar-refractivity contribution in [3.05, 3.63) is 122 Å². The van der Waals surface area contributed by atoms with Gasteiger partial charge in [0.05, 0.1) is 46.3 Å². The van der Waals surface area contributed by atoms with Crippen LogP contribution in [0.5, 0.6) is 11.5 Å². The molecule has 0 aliphatic carbocycles. The van der Waals surface area contributed by atoms with Crippen LogP contribution in [0.25, 0.3) is 0 Å². The quantitative estimate of drug-likeness (QED) is 0.134. The minimum Gasteiger partial charge on any atom is -0.493 e. The molecule has 0 atom stereocenters. The first kappa shape index (κ1) is 31.4. The lowest BCUT2D eigenvalue weighted by Gasteiger charge is -2.22. The highest BCUT2D eigenvalue weighted by molar-refractivity contribution is 9.10. The van der Waals surface area contributed by atoms with Crippen LogP contribution in [0, 0.1) is 0 Å². The van der Waals surface area contributed by atoms with Gasteiger partial charge in [-0.2, -0.15) is 5.10 Å². The molecule has 1 amide bonds. The summed E-state index contributed by atoms with van der Waals surface area (Å²) >= 11 is 15.6. The fraction of sp³-hybridized carbons (Fsp3) is 0.133. The summed E-state index contributed by atoms with van der Waals surface area (Å²) in [6.07, 6.45) is 2.61. The molecule has 0 aliphatic heterocycles. The molecule has 218 valence electrons. The maximum Gasteiger partial charge on any atom is 0.271 e. The molecular weight excluding hydrogens is 665 g/mol. The van der Waals surface area contributed by atoms with E-state index in [0.717, 1.165) is 17.4 Å². The summed E-state index contributed by atoms with van der Waals surface area (Å²) in [5.74, 6) is 0.485. The van der Waals surface area contributed by atoms with Crippen LogP contribution in [0.15, 0.2) is 94.5 Å². The number of hydrazone groups is 1. The summed E-state index contributed by atoms with van der Waals surface area (Å²) < 4.78 is 38.2. The highest BCUT2D eigenvalue weighted by Gasteiger charge is 2.18. The molecule has 4 aromatic carbocycles. The number of ether oxygens (including phenoxy) is 2. The molecular formula is C30H26BrCl2N3O5S. The van der Waals surface area contributed by atoms with Crippen LogP contribution in [0.3, 0.4) is 0 Å². The van der Waals surface area contributed by atoms with E-state index in [1.54, 1.807) is 48.5 Å². The molecule has 0 spiro atoms. The van der Waals surface area contributed by atoms with Crippen LogP contribution in [-0.2, 0) is 23.2 Å². The molecule has 0 aliphatic rings. The van der Waals surface area contributed by atoms with Crippen molar-refractivity contribution in [1.82, 2.24) is 5.43 Å². The Kier molecular flexibility index (Phi) is 10.5. The van der Waals surface area contributed by atoms with Crippen LogP contribution in [0.4, 0.5) is 5.69 Å². The average molecular weight is 691 g/mol. The highest BCUT2D eigenvalue weighted by atomic mass is 79.9. The molecule has 42 heavy (non-hydrogen) atoms. The number of nitrogens with zero attached hydrogens (tertiary/aromatic N) is 2. The number of amides is 1. The van der Waals surface area contributed by atoms with Gasteiger partial charge in [0.1, 0.15) is 6.61 Å². The average Bonchev–Trinajstić information content (AvgIpc) is 2.97. The van der Waals surface area contributed by atoms with Crippen LogP contribution >= 0.6 is 39.1 Å². The lowest BCUT2D eigenvalue weighted by Crippen LogP contribution is -2.29. The van der Waals surface area contributed by atoms with Crippen molar-refractivity contribution in [2.24, 2.45) is 5.10 Å². The van der Waals surface area contributed by atoms with Crippen molar-refractivity contribution >= 4 is 67.0 Å². The van der Waals surface area contributed by atoms with Crippen molar-refractivity contribution in [2.45, 2.75) is 13.2 Å². The summed E-state index contributed by atoms with van der Waals surface area (Å²) in [6.45, 7) is 0.413.